The van der Waals surface area contributed by atoms with Crippen LogP contribution in [0.25, 0.3) is 0 Å². The van der Waals surface area contributed by atoms with Crippen LogP contribution in [-0.4, -0.2) is 29.3 Å². The Hall–Kier alpha value is -0.630. The predicted molar refractivity (Wildman–Crippen MR) is 68.9 cm³/mol. The zero-order valence-electron chi connectivity index (χ0n) is 10.6. The Bertz CT molecular complexity index is 307. The molecule has 0 aromatic heterocycles. The fraction of sp³-hybridized carbons (Fsp3) is 0.800. The zero-order chi connectivity index (χ0) is 11.7. The fourth-order valence-electron chi connectivity index (χ4n) is 3.88. The summed E-state index contributed by atoms with van der Waals surface area (Å²) >= 11 is 0. The number of hydrogen-bond donors (Lipinski definition) is 0. The number of allylic oxidation sites excluding steroid dienone is 2. The van der Waals surface area contributed by atoms with Gasteiger partial charge in [0.1, 0.15) is 5.78 Å². The van der Waals surface area contributed by atoms with Gasteiger partial charge in [-0.1, -0.05) is 18.6 Å². The van der Waals surface area contributed by atoms with E-state index in [2.05, 4.69) is 17.1 Å². The molecule has 3 atom stereocenters. The third-order valence-electron chi connectivity index (χ3n) is 4.79. The molecular formula is C15H23NO. The van der Waals surface area contributed by atoms with E-state index in [1.807, 2.05) is 0 Å². The predicted octanol–water partition coefficient (Wildman–Crippen LogP) is 2.93. The first-order valence-electron chi connectivity index (χ1n) is 7.25. The highest BCUT2D eigenvalue weighted by Crippen LogP contribution is 2.34. The van der Waals surface area contributed by atoms with Gasteiger partial charge in [0, 0.05) is 31.5 Å². The molecule has 3 rings (SSSR count). The molecule has 2 heteroatoms. The number of Topliss-reactive ketones (excluding diaryl/α,β-unsaturated/α-hetero) is 1. The SMILES string of the molecule is O=C1CC2CCCC(C1)N2CC1CC=CCC1. The summed E-state index contributed by atoms with van der Waals surface area (Å²) < 4.78 is 0. The van der Waals surface area contributed by atoms with Crippen molar-refractivity contribution in [3.8, 4) is 0 Å². The normalized spacial score (nSPS) is 38.4. The number of carbonyl (C=O) groups is 1. The van der Waals surface area contributed by atoms with E-state index >= 15 is 0 Å². The minimum absolute atomic E-state index is 0.513. The number of hydrogen-bond acceptors (Lipinski definition) is 2. The summed E-state index contributed by atoms with van der Waals surface area (Å²) in [5, 5.41) is 0. The van der Waals surface area contributed by atoms with Gasteiger partial charge in [0.15, 0.2) is 0 Å². The monoisotopic (exact) mass is 233 g/mol. The van der Waals surface area contributed by atoms with Crippen LogP contribution in [0.15, 0.2) is 12.2 Å². The molecule has 0 aromatic rings. The molecule has 0 spiro atoms. The van der Waals surface area contributed by atoms with Crippen molar-refractivity contribution >= 4 is 5.78 Å². The smallest absolute Gasteiger partial charge is 0.136 e. The minimum Gasteiger partial charge on any atom is -0.300 e. The molecule has 94 valence electrons. The maximum absolute atomic E-state index is 11.7. The van der Waals surface area contributed by atoms with Crippen molar-refractivity contribution in [2.75, 3.05) is 6.54 Å². The fourth-order valence-corrected chi connectivity index (χ4v) is 3.88. The number of fused-ring (bicyclic) bond motifs is 2. The van der Waals surface area contributed by atoms with Gasteiger partial charge in [0.25, 0.3) is 0 Å². The summed E-state index contributed by atoms with van der Waals surface area (Å²) in [5.74, 6) is 1.36. The van der Waals surface area contributed by atoms with E-state index in [-0.39, 0.29) is 0 Å². The second kappa shape index (κ2) is 4.93. The van der Waals surface area contributed by atoms with E-state index in [4.69, 9.17) is 0 Å². The molecule has 1 aliphatic carbocycles. The van der Waals surface area contributed by atoms with Crippen LogP contribution in [0.2, 0.25) is 0 Å². The Morgan fingerprint density at radius 2 is 1.88 bits per heavy atom. The van der Waals surface area contributed by atoms with Crippen LogP contribution in [-0.2, 0) is 4.79 Å². The van der Waals surface area contributed by atoms with Crippen molar-refractivity contribution in [1.82, 2.24) is 4.90 Å². The summed E-state index contributed by atoms with van der Waals surface area (Å²) in [6.45, 7) is 1.24. The molecule has 2 fully saturated rings. The third-order valence-corrected chi connectivity index (χ3v) is 4.79. The largest absolute Gasteiger partial charge is 0.300 e. The van der Waals surface area contributed by atoms with Gasteiger partial charge in [-0.3, -0.25) is 9.69 Å². The topological polar surface area (TPSA) is 20.3 Å². The van der Waals surface area contributed by atoms with E-state index in [1.165, 1.54) is 45.1 Å². The average molecular weight is 233 g/mol. The highest BCUT2D eigenvalue weighted by molar-refractivity contribution is 5.80. The first-order valence-corrected chi connectivity index (χ1v) is 7.25. The molecule has 17 heavy (non-hydrogen) atoms. The standard InChI is InChI=1S/C15H23NO/c17-15-9-13-7-4-8-14(10-15)16(13)11-12-5-2-1-3-6-12/h1-2,12-14H,3-11H2. The van der Waals surface area contributed by atoms with Crippen LogP contribution in [0.1, 0.15) is 51.4 Å². The summed E-state index contributed by atoms with van der Waals surface area (Å²) in [7, 11) is 0. The Kier molecular flexibility index (Phi) is 3.32. The first kappa shape index (κ1) is 11.5. The number of nitrogens with zero attached hydrogens (tertiary/aromatic N) is 1. The number of piperidine rings is 2. The molecule has 2 saturated heterocycles. The molecule has 3 unspecified atom stereocenters. The molecule has 0 aromatic carbocycles. The van der Waals surface area contributed by atoms with Gasteiger partial charge in [-0.25, -0.2) is 0 Å². The number of ketones is 1. The second-order valence-electron chi connectivity index (χ2n) is 6.03. The highest BCUT2D eigenvalue weighted by atomic mass is 16.1. The molecule has 0 saturated carbocycles. The van der Waals surface area contributed by atoms with Crippen molar-refractivity contribution in [2.45, 2.75) is 63.5 Å². The van der Waals surface area contributed by atoms with Crippen molar-refractivity contribution in [2.24, 2.45) is 5.92 Å². The van der Waals surface area contributed by atoms with Gasteiger partial charge < -0.3 is 0 Å². The number of rotatable bonds is 2. The van der Waals surface area contributed by atoms with Crippen molar-refractivity contribution in [1.29, 1.82) is 0 Å². The molecule has 0 radical (unpaired) electrons. The Morgan fingerprint density at radius 3 is 2.53 bits per heavy atom. The molecular weight excluding hydrogens is 210 g/mol. The lowest BCUT2D eigenvalue weighted by atomic mass is 9.82. The lowest BCUT2D eigenvalue weighted by Gasteiger charge is -2.47. The molecule has 0 amide bonds. The van der Waals surface area contributed by atoms with Gasteiger partial charge in [0.05, 0.1) is 0 Å². The molecule has 2 aliphatic heterocycles. The molecule has 2 bridgehead atoms. The lowest BCUT2D eigenvalue weighted by molar-refractivity contribution is -0.127. The lowest BCUT2D eigenvalue weighted by Crippen LogP contribution is -2.53. The Morgan fingerprint density at radius 1 is 1.12 bits per heavy atom. The first-order chi connectivity index (χ1) is 8.33. The van der Waals surface area contributed by atoms with Crippen LogP contribution < -0.4 is 0 Å². The van der Waals surface area contributed by atoms with Gasteiger partial charge in [-0.05, 0) is 38.0 Å². The van der Waals surface area contributed by atoms with Crippen molar-refractivity contribution in [3.05, 3.63) is 12.2 Å². The molecule has 2 heterocycles. The maximum Gasteiger partial charge on any atom is 0.136 e. The second-order valence-corrected chi connectivity index (χ2v) is 6.03. The summed E-state index contributed by atoms with van der Waals surface area (Å²) in [4.78, 5) is 14.4. The van der Waals surface area contributed by atoms with Gasteiger partial charge in [0.2, 0.25) is 0 Å². The number of carbonyl (C=O) groups excluding carboxylic acids is 1. The van der Waals surface area contributed by atoms with Gasteiger partial charge >= 0.3 is 0 Å². The third kappa shape index (κ3) is 2.47. The van der Waals surface area contributed by atoms with Gasteiger partial charge in [-0.15, -0.1) is 0 Å². The van der Waals surface area contributed by atoms with Crippen LogP contribution in [0.5, 0.6) is 0 Å². The van der Waals surface area contributed by atoms with E-state index in [1.54, 1.807) is 0 Å². The molecule has 3 aliphatic rings. The summed E-state index contributed by atoms with van der Waals surface area (Å²) in [6, 6.07) is 1.17. The van der Waals surface area contributed by atoms with E-state index in [0.29, 0.717) is 17.9 Å². The van der Waals surface area contributed by atoms with Gasteiger partial charge in [-0.2, -0.15) is 0 Å². The average Bonchev–Trinajstić information content (AvgIpc) is 2.32. The van der Waals surface area contributed by atoms with Crippen LogP contribution in [0.4, 0.5) is 0 Å². The zero-order valence-corrected chi connectivity index (χ0v) is 10.6. The van der Waals surface area contributed by atoms with Crippen LogP contribution in [0.3, 0.4) is 0 Å². The quantitative estimate of drug-likeness (QED) is 0.683. The summed E-state index contributed by atoms with van der Waals surface area (Å²) in [5.41, 5.74) is 0. The Labute approximate surface area is 104 Å². The van der Waals surface area contributed by atoms with Crippen LogP contribution >= 0.6 is 0 Å². The highest BCUT2D eigenvalue weighted by Gasteiger charge is 2.38. The van der Waals surface area contributed by atoms with Crippen molar-refractivity contribution in [3.63, 3.8) is 0 Å². The van der Waals surface area contributed by atoms with E-state index < -0.39 is 0 Å². The van der Waals surface area contributed by atoms with Crippen molar-refractivity contribution < 1.29 is 4.79 Å². The molecule has 2 nitrogen and oxygen atoms in total. The van der Waals surface area contributed by atoms with E-state index in [9.17, 15) is 4.79 Å². The summed E-state index contributed by atoms with van der Waals surface area (Å²) in [6.07, 6.45) is 14.0. The van der Waals surface area contributed by atoms with Crippen LogP contribution in [0, 0.1) is 5.92 Å². The molecule has 0 N–H and O–H groups in total. The minimum atomic E-state index is 0.513. The maximum atomic E-state index is 11.7. The Balaban J connectivity index is 1.65. The van der Waals surface area contributed by atoms with E-state index in [0.717, 1.165) is 18.8 Å².